The van der Waals surface area contributed by atoms with Crippen LogP contribution in [-0.2, 0) is 4.79 Å². The van der Waals surface area contributed by atoms with Gasteiger partial charge in [-0.15, -0.1) is 0 Å². The maximum Gasteiger partial charge on any atom is 0.254 e. The summed E-state index contributed by atoms with van der Waals surface area (Å²) in [7, 11) is 0. The fourth-order valence-corrected chi connectivity index (χ4v) is 2.46. The second-order valence-electron chi connectivity index (χ2n) is 5.33. The topological polar surface area (TPSA) is 58.2 Å². The van der Waals surface area contributed by atoms with E-state index >= 15 is 0 Å². The molecule has 1 saturated heterocycles. The van der Waals surface area contributed by atoms with E-state index in [1.54, 1.807) is 6.92 Å². The van der Waals surface area contributed by atoms with Gasteiger partial charge in [0.2, 0.25) is 5.91 Å². The molecule has 1 heterocycles. The van der Waals surface area contributed by atoms with Gasteiger partial charge in [0, 0.05) is 19.0 Å². The summed E-state index contributed by atoms with van der Waals surface area (Å²) in [6.07, 6.45) is 0.805. The van der Waals surface area contributed by atoms with E-state index in [0.717, 1.165) is 0 Å². The highest BCUT2D eigenvalue weighted by molar-refractivity contribution is 5.94. The first-order valence-corrected chi connectivity index (χ1v) is 6.70. The van der Waals surface area contributed by atoms with Gasteiger partial charge in [0.1, 0.15) is 0 Å². The SMILES string of the molecule is CC1CC(CNC(=O)c2cc(F)c(F)c(F)c2F)CC(=O)N1. The normalized spacial score (nSPS) is 21.4. The zero-order chi connectivity index (χ0) is 16.4. The lowest BCUT2D eigenvalue weighted by Gasteiger charge is -2.27. The molecule has 0 aromatic heterocycles. The molecule has 8 heteroatoms. The molecule has 2 unspecified atom stereocenters. The number of halogens is 4. The quantitative estimate of drug-likeness (QED) is 0.508. The van der Waals surface area contributed by atoms with Crippen LogP contribution in [0.2, 0.25) is 0 Å². The van der Waals surface area contributed by atoms with Crippen LogP contribution in [0.25, 0.3) is 0 Å². The number of nitrogens with one attached hydrogen (secondary N) is 2. The van der Waals surface area contributed by atoms with Crippen molar-refractivity contribution in [1.29, 1.82) is 0 Å². The maximum absolute atomic E-state index is 13.5. The van der Waals surface area contributed by atoms with Gasteiger partial charge in [0.15, 0.2) is 23.3 Å². The van der Waals surface area contributed by atoms with Crippen molar-refractivity contribution >= 4 is 11.8 Å². The number of rotatable bonds is 3. The van der Waals surface area contributed by atoms with E-state index in [2.05, 4.69) is 10.6 Å². The van der Waals surface area contributed by atoms with Gasteiger partial charge in [0.25, 0.3) is 5.91 Å². The Balaban J connectivity index is 2.05. The van der Waals surface area contributed by atoms with Gasteiger partial charge in [-0.2, -0.15) is 0 Å². The summed E-state index contributed by atoms with van der Waals surface area (Å²) >= 11 is 0. The van der Waals surface area contributed by atoms with Gasteiger partial charge in [0.05, 0.1) is 5.56 Å². The lowest BCUT2D eigenvalue weighted by atomic mass is 9.92. The van der Waals surface area contributed by atoms with E-state index in [9.17, 15) is 27.2 Å². The van der Waals surface area contributed by atoms with Crippen LogP contribution < -0.4 is 10.6 Å². The number of benzene rings is 1. The fraction of sp³-hybridized carbons (Fsp3) is 0.429. The number of hydrogen-bond acceptors (Lipinski definition) is 2. The summed E-state index contributed by atoms with van der Waals surface area (Å²) in [5.41, 5.74) is -0.912. The van der Waals surface area contributed by atoms with E-state index in [0.29, 0.717) is 12.5 Å². The Morgan fingerprint density at radius 2 is 1.95 bits per heavy atom. The van der Waals surface area contributed by atoms with Gasteiger partial charge >= 0.3 is 0 Å². The average molecular weight is 318 g/mol. The maximum atomic E-state index is 13.5. The minimum atomic E-state index is -2.03. The highest BCUT2D eigenvalue weighted by Gasteiger charge is 2.26. The molecule has 2 atom stereocenters. The minimum Gasteiger partial charge on any atom is -0.354 e. The van der Waals surface area contributed by atoms with Crippen molar-refractivity contribution in [2.24, 2.45) is 5.92 Å². The van der Waals surface area contributed by atoms with Crippen LogP contribution in [0.15, 0.2) is 6.07 Å². The first-order valence-electron chi connectivity index (χ1n) is 6.70. The van der Waals surface area contributed by atoms with Crippen molar-refractivity contribution in [3.05, 3.63) is 34.9 Å². The zero-order valence-electron chi connectivity index (χ0n) is 11.7. The third-order valence-corrected chi connectivity index (χ3v) is 3.47. The van der Waals surface area contributed by atoms with Crippen molar-refractivity contribution in [3.63, 3.8) is 0 Å². The number of hydrogen-bond donors (Lipinski definition) is 2. The highest BCUT2D eigenvalue weighted by Crippen LogP contribution is 2.19. The molecular formula is C14H14F4N2O2. The smallest absolute Gasteiger partial charge is 0.254 e. The largest absolute Gasteiger partial charge is 0.354 e. The van der Waals surface area contributed by atoms with Crippen LogP contribution in [0.3, 0.4) is 0 Å². The molecule has 0 aliphatic carbocycles. The van der Waals surface area contributed by atoms with Gasteiger partial charge in [-0.1, -0.05) is 0 Å². The van der Waals surface area contributed by atoms with Crippen LogP contribution in [0.1, 0.15) is 30.1 Å². The molecule has 2 rings (SSSR count). The van der Waals surface area contributed by atoms with Gasteiger partial charge in [-0.05, 0) is 25.3 Å². The molecule has 0 bridgehead atoms. The minimum absolute atomic E-state index is 0.0522. The van der Waals surface area contributed by atoms with Crippen molar-refractivity contribution < 1.29 is 27.2 Å². The molecule has 0 saturated carbocycles. The monoisotopic (exact) mass is 318 g/mol. The molecule has 2 N–H and O–H groups in total. The molecular weight excluding hydrogens is 304 g/mol. The number of piperidine rings is 1. The molecule has 22 heavy (non-hydrogen) atoms. The van der Waals surface area contributed by atoms with E-state index in [1.165, 1.54) is 0 Å². The Bertz CT molecular complexity index is 621. The summed E-state index contributed by atoms with van der Waals surface area (Å²) in [6, 6.07) is 0.250. The standard InChI is InChI=1S/C14H14F4N2O2/c1-6-2-7(3-10(21)20-6)5-19-14(22)8-4-9(15)12(17)13(18)11(8)16/h4,6-7H,2-3,5H2,1H3,(H,19,22)(H,20,21). The zero-order valence-corrected chi connectivity index (χ0v) is 11.7. The van der Waals surface area contributed by atoms with Gasteiger partial charge < -0.3 is 10.6 Å². The molecule has 1 aliphatic rings. The molecule has 0 spiro atoms. The average Bonchev–Trinajstić information content (AvgIpc) is 2.45. The Morgan fingerprint density at radius 1 is 1.27 bits per heavy atom. The molecule has 1 aromatic carbocycles. The Hall–Kier alpha value is -2.12. The number of carbonyl (C=O) groups excluding carboxylic acids is 2. The third kappa shape index (κ3) is 3.37. The second-order valence-corrected chi connectivity index (χ2v) is 5.33. The molecule has 120 valence electrons. The van der Waals surface area contributed by atoms with E-state index in [1.807, 2.05) is 0 Å². The van der Waals surface area contributed by atoms with Crippen LogP contribution in [0.5, 0.6) is 0 Å². The molecule has 1 aromatic rings. The molecule has 1 aliphatic heterocycles. The molecule has 1 fully saturated rings. The summed E-state index contributed by atoms with van der Waals surface area (Å²) in [5.74, 6) is -8.77. The van der Waals surface area contributed by atoms with Gasteiger partial charge in [-0.25, -0.2) is 17.6 Å². The lowest BCUT2D eigenvalue weighted by Crippen LogP contribution is -2.44. The highest BCUT2D eigenvalue weighted by atomic mass is 19.2. The second kappa shape index (κ2) is 6.33. The summed E-state index contributed by atoms with van der Waals surface area (Å²) in [5, 5.41) is 5.02. The first kappa shape index (κ1) is 16.3. The summed E-state index contributed by atoms with van der Waals surface area (Å²) in [6.45, 7) is 1.85. The summed E-state index contributed by atoms with van der Waals surface area (Å²) < 4.78 is 52.5. The van der Waals surface area contributed by atoms with E-state index < -0.39 is 34.7 Å². The van der Waals surface area contributed by atoms with Gasteiger partial charge in [-0.3, -0.25) is 9.59 Å². The predicted molar refractivity (Wildman–Crippen MR) is 68.9 cm³/mol. The van der Waals surface area contributed by atoms with Crippen LogP contribution in [-0.4, -0.2) is 24.4 Å². The third-order valence-electron chi connectivity index (χ3n) is 3.47. The van der Waals surface area contributed by atoms with Crippen LogP contribution in [0.4, 0.5) is 17.6 Å². The molecule has 0 radical (unpaired) electrons. The number of carbonyl (C=O) groups is 2. The van der Waals surface area contributed by atoms with Crippen LogP contribution >= 0.6 is 0 Å². The van der Waals surface area contributed by atoms with Crippen molar-refractivity contribution in [3.8, 4) is 0 Å². The van der Waals surface area contributed by atoms with Crippen molar-refractivity contribution in [1.82, 2.24) is 10.6 Å². The lowest BCUT2D eigenvalue weighted by molar-refractivity contribution is -0.124. The van der Waals surface area contributed by atoms with E-state index in [-0.39, 0.29) is 30.8 Å². The Morgan fingerprint density at radius 3 is 2.59 bits per heavy atom. The number of amides is 2. The Kier molecular flexibility index (Phi) is 4.68. The molecule has 4 nitrogen and oxygen atoms in total. The Labute approximate surface area is 123 Å². The first-order chi connectivity index (χ1) is 10.3. The van der Waals surface area contributed by atoms with E-state index in [4.69, 9.17) is 0 Å². The van der Waals surface area contributed by atoms with Crippen molar-refractivity contribution in [2.45, 2.75) is 25.8 Å². The molecule has 2 amide bonds. The summed E-state index contributed by atoms with van der Waals surface area (Å²) in [4.78, 5) is 23.1. The van der Waals surface area contributed by atoms with Crippen molar-refractivity contribution in [2.75, 3.05) is 6.54 Å². The predicted octanol–water partition coefficient (Wildman–Crippen LogP) is 1.89. The van der Waals surface area contributed by atoms with Crippen LogP contribution in [0, 0.1) is 29.2 Å². The fourth-order valence-electron chi connectivity index (χ4n) is 2.46.